The van der Waals surface area contributed by atoms with Crippen molar-refractivity contribution in [3.8, 4) is 0 Å². The summed E-state index contributed by atoms with van der Waals surface area (Å²) in [6.07, 6.45) is 3.73. The number of nitrogens with one attached hydrogen (secondary N) is 1. The zero-order valence-corrected chi connectivity index (χ0v) is 16.5. The van der Waals surface area contributed by atoms with E-state index < -0.39 is 22.8 Å². The van der Waals surface area contributed by atoms with E-state index in [1.807, 2.05) is 6.26 Å². The van der Waals surface area contributed by atoms with Crippen LogP contribution in [0.3, 0.4) is 0 Å². The second-order valence-corrected chi connectivity index (χ2v) is 7.08. The molecule has 0 aliphatic rings. The number of rotatable bonds is 9. The van der Waals surface area contributed by atoms with Crippen LogP contribution >= 0.6 is 23.4 Å². The fraction of sp³-hybridized carbons (Fsp3) is 0.278. The Hall–Kier alpha value is -2.65. The molecule has 1 unspecified atom stereocenters. The zero-order chi connectivity index (χ0) is 20.5. The van der Waals surface area contributed by atoms with Crippen molar-refractivity contribution in [3.63, 3.8) is 0 Å². The van der Waals surface area contributed by atoms with E-state index in [1.165, 1.54) is 36.2 Å². The minimum atomic E-state index is -0.875. The van der Waals surface area contributed by atoms with Gasteiger partial charge in [0, 0.05) is 29.5 Å². The fourth-order valence-corrected chi connectivity index (χ4v) is 2.82. The third-order valence-corrected chi connectivity index (χ3v) is 4.56. The predicted molar refractivity (Wildman–Crippen MR) is 106 cm³/mol. The molecule has 0 aliphatic heterocycles. The molecule has 0 saturated carbocycles. The standard InChI is InChI=1S/C18H18ClN3O5S/c1-28-8-7-15(18(24)27-11-12-5-6-16(19)20-10-12)21-17(23)13-3-2-4-14(9-13)22(25)26/h2-6,9-10,15H,7-8,11H2,1H3,(H,21,23). The summed E-state index contributed by atoms with van der Waals surface area (Å²) in [7, 11) is 0. The van der Waals surface area contributed by atoms with E-state index in [0.717, 1.165) is 6.07 Å². The smallest absolute Gasteiger partial charge is 0.329 e. The predicted octanol–water partition coefficient (Wildman–Crippen LogP) is 3.24. The van der Waals surface area contributed by atoms with Gasteiger partial charge in [0.1, 0.15) is 17.8 Å². The molecule has 10 heteroatoms. The third kappa shape index (κ3) is 6.50. The number of hydrogen-bond acceptors (Lipinski definition) is 7. The molecule has 0 spiro atoms. The number of non-ortho nitro benzene ring substituents is 1. The van der Waals surface area contributed by atoms with Crippen LogP contribution in [0, 0.1) is 10.1 Å². The first kappa shape index (κ1) is 21.6. The number of nitro benzene ring substituents is 1. The van der Waals surface area contributed by atoms with Crippen LogP contribution in [0.25, 0.3) is 0 Å². The molecule has 1 heterocycles. The van der Waals surface area contributed by atoms with E-state index >= 15 is 0 Å². The van der Waals surface area contributed by atoms with Gasteiger partial charge in [-0.05, 0) is 30.6 Å². The number of carbonyl (C=O) groups is 2. The number of thioether (sulfide) groups is 1. The second kappa shape index (κ2) is 10.6. The van der Waals surface area contributed by atoms with Gasteiger partial charge in [0.05, 0.1) is 4.92 Å². The maximum Gasteiger partial charge on any atom is 0.329 e. The van der Waals surface area contributed by atoms with Crippen LogP contribution in [-0.4, -0.2) is 39.8 Å². The molecule has 0 bridgehead atoms. The Balaban J connectivity index is 2.03. The van der Waals surface area contributed by atoms with Crippen molar-refractivity contribution in [1.29, 1.82) is 0 Å². The summed E-state index contributed by atoms with van der Waals surface area (Å²) in [5.74, 6) is -0.556. The molecular formula is C18H18ClN3O5S. The highest BCUT2D eigenvalue weighted by atomic mass is 35.5. The minimum absolute atomic E-state index is 0.00848. The Kier molecular flexibility index (Phi) is 8.21. The van der Waals surface area contributed by atoms with E-state index in [1.54, 1.807) is 12.1 Å². The first-order chi connectivity index (χ1) is 13.4. The number of nitro groups is 1. The van der Waals surface area contributed by atoms with Gasteiger partial charge in [-0.1, -0.05) is 23.7 Å². The summed E-state index contributed by atoms with van der Waals surface area (Å²) < 4.78 is 5.27. The van der Waals surface area contributed by atoms with Crippen LogP contribution in [0.2, 0.25) is 5.15 Å². The van der Waals surface area contributed by atoms with Crippen LogP contribution in [-0.2, 0) is 16.1 Å². The van der Waals surface area contributed by atoms with Crippen LogP contribution in [0.15, 0.2) is 42.6 Å². The summed E-state index contributed by atoms with van der Waals surface area (Å²) in [6, 6.07) is 7.69. The van der Waals surface area contributed by atoms with Crippen molar-refractivity contribution in [2.24, 2.45) is 0 Å². The average molecular weight is 424 g/mol. The number of halogens is 1. The summed E-state index contributed by atoms with van der Waals surface area (Å²) in [6.45, 7) is -0.00848. The van der Waals surface area contributed by atoms with Gasteiger partial charge in [0.15, 0.2) is 0 Å². The molecule has 1 aromatic heterocycles. The Morgan fingerprint density at radius 3 is 2.79 bits per heavy atom. The van der Waals surface area contributed by atoms with Gasteiger partial charge in [-0.2, -0.15) is 11.8 Å². The summed E-state index contributed by atoms with van der Waals surface area (Å²) in [5, 5.41) is 13.8. The first-order valence-corrected chi connectivity index (χ1v) is 9.99. The van der Waals surface area contributed by atoms with E-state index in [0.29, 0.717) is 22.9 Å². The molecule has 28 heavy (non-hydrogen) atoms. The SMILES string of the molecule is CSCCC(NC(=O)c1cccc([N+](=O)[O-])c1)C(=O)OCc1ccc(Cl)nc1. The van der Waals surface area contributed by atoms with Crippen molar-refractivity contribution in [3.05, 3.63) is 69.0 Å². The van der Waals surface area contributed by atoms with E-state index in [2.05, 4.69) is 10.3 Å². The Morgan fingerprint density at radius 1 is 1.36 bits per heavy atom. The van der Waals surface area contributed by atoms with Crippen LogP contribution in [0.4, 0.5) is 5.69 Å². The summed E-state index contributed by atoms with van der Waals surface area (Å²) in [5.41, 5.74) is 0.551. The zero-order valence-electron chi connectivity index (χ0n) is 15.0. The number of aromatic nitrogens is 1. The van der Waals surface area contributed by atoms with Gasteiger partial charge in [-0.3, -0.25) is 14.9 Å². The maximum atomic E-state index is 12.4. The molecule has 1 N–H and O–H groups in total. The van der Waals surface area contributed by atoms with Gasteiger partial charge in [0.25, 0.3) is 11.6 Å². The van der Waals surface area contributed by atoms with Crippen LogP contribution in [0.5, 0.6) is 0 Å². The summed E-state index contributed by atoms with van der Waals surface area (Å²) in [4.78, 5) is 39.1. The van der Waals surface area contributed by atoms with E-state index in [-0.39, 0.29) is 17.9 Å². The quantitative estimate of drug-likeness (QED) is 0.285. The molecular weight excluding hydrogens is 406 g/mol. The molecule has 2 rings (SSSR count). The topological polar surface area (TPSA) is 111 Å². The molecule has 1 aromatic carbocycles. The Morgan fingerprint density at radius 2 is 2.14 bits per heavy atom. The average Bonchev–Trinajstić information content (AvgIpc) is 2.70. The lowest BCUT2D eigenvalue weighted by Gasteiger charge is -2.17. The minimum Gasteiger partial charge on any atom is -0.459 e. The van der Waals surface area contributed by atoms with Crippen molar-refractivity contribution in [1.82, 2.24) is 10.3 Å². The summed E-state index contributed by atoms with van der Waals surface area (Å²) >= 11 is 7.24. The molecule has 148 valence electrons. The van der Waals surface area contributed by atoms with E-state index in [4.69, 9.17) is 16.3 Å². The Bertz CT molecular complexity index is 847. The number of ether oxygens (including phenoxy) is 1. The lowest BCUT2D eigenvalue weighted by molar-refractivity contribution is -0.384. The van der Waals surface area contributed by atoms with Gasteiger partial charge in [-0.25, -0.2) is 9.78 Å². The molecule has 0 saturated heterocycles. The fourth-order valence-electron chi connectivity index (χ4n) is 2.23. The van der Waals surface area contributed by atoms with Crippen molar-refractivity contribution < 1.29 is 19.2 Å². The number of nitrogens with zero attached hydrogens (tertiary/aromatic N) is 2. The van der Waals surface area contributed by atoms with Crippen LogP contribution < -0.4 is 5.32 Å². The lowest BCUT2D eigenvalue weighted by atomic mass is 10.1. The number of amides is 1. The molecule has 1 atom stereocenters. The highest BCUT2D eigenvalue weighted by molar-refractivity contribution is 7.98. The van der Waals surface area contributed by atoms with Crippen molar-refractivity contribution in [2.45, 2.75) is 19.1 Å². The molecule has 0 radical (unpaired) electrons. The Labute approximate surface area is 170 Å². The number of pyridine rings is 1. The van der Waals surface area contributed by atoms with E-state index in [9.17, 15) is 19.7 Å². The molecule has 1 amide bonds. The lowest BCUT2D eigenvalue weighted by Crippen LogP contribution is -2.42. The van der Waals surface area contributed by atoms with Crippen LogP contribution in [0.1, 0.15) is 22.3 Å². The third-order valence-electron chi connectivity index (χ3n) is 3.69. The monoisotopic (exact) mass is 423 g/mol. The van der Waals surface area contributed by atoms with Gasteiger partial charge < -0.3 is 10.1 Å². The normalized spacial score (nSPS) is 11.5. The van der Waals surface area contributed by atoms with Gasteiger partial charge >= 0.3 is 5.97 Å². The number of carbonyl (C=O) groups excluding carboxylic acids is 2. The maximum absolute atomic E-state index is 12.4. The largest absolute Gasteiger partial charge is 0.459 e. The molecule has 0 aliphatic carbocycles. The second-order valence-electron chi connectivity index (χ2n) is 5.71. The molecule has 0 fully saturated rings. The molecule has 2 aromatic rings. The van der Waals surface area contributed by atoms with Crippen molar-refractivity contribution in [2.75, 3.05) is 12.0 Å². The highest BCUT2D eigenvalue weighted by Crippen LogP contribution is 2.14. The number of esters is 1. The highest BCUT2D eigenvalue weighted by Gasteiger charge is 2.23. The van der Waals surface area contributed by atoms with Gasteiger partial charge in [0.2, 0.25) is 0 Å². The first-order valence-electron chi connectivity index (χ1n) is 8.22. The molecule has 8 nitrogen and oxygen atoms in total. The number of hydrogen-bond donors (Lipinski definition) is 1. The number of benzene rings is 1. The van der Waals surface area contributed by atoms with Gasteiger partial charge in [-0.15, -0.1) is 0 Å². The van der Waals surface area contributed by atoms with Crippen molar-refractivity contribution >= 4 is 40.9 Å².